The first-order chi connectivity index (χ1) is 12.4. The maximum atomic E-state index is 12.4. The number of aliphatic hydroxyl groups is 1. The van der Waals surface area contributed by atoms with E-state index < -0.39 is 12.4 Å². The van der Waals surface area contributed by atoms with Gasteiger partial charge < -0.3 is 24.2 Å². The highest BCUT2D eigenvalue weighted by Gasteiger charge is 2.40. The van der Waals surface area contributed by atoms with E-state index in [0.717, 1.165) is 38.5 Å². The summed E-state index contributed by atoms with van der Waals surface area (Å²) in [6, 6.07) is -0.0164. The van der Waals surface area contributed by atoms with Gasteiger partial charge in [-0.2, -0.15) is 0 Å². The Labute approximate surface area is 158 Å². The molecule has 0 radical (unpaired) electrons. The number of carbonyl (C=O) groups excluding carboxylic acids is 1. The Hall–Kier alpha value is -0.690. The molecule has 2 heterocycles. The first-order valence-corrected chi connectivity index (χ1v) is 10.2. The lowest BCUT2D eigenvalue weighted by molar-refractivity contribution is -0.273. The highest BCUT2D eigenvalue weighted by molar-refractivity contribution is 5.72. The minimum Gasteiger partial charge on any atom is -0.465 e. The zero-order valence-electron chi connectivity index (χ0n) is 16.9. The molecule has 26 heavy (non-hydrogen) atoms. The van der Waals surface area contributed by atoms with Gasteiger partial charge in [0.15, 0.2) is 6.29 Å². The van der Waals surface area contributed by atoms with Crippen molar-refractivity contribution >= 4 is 5.97 Å². The van der Waals surface area contributed by atoms with Gasteiger partial charge in [-0.25, -0.2) is 0 Å². The van der Waals surface area contributed by atoms with Gasteiger partial charge in [0.1, 0.15) is 6.10 Å². The van der Waals surface area contributed by atoms with Crippen LogP contribution < -0.4 is 0 Å². The van der Waals surface area contributed by atoms with Gasteiger partial charge in [0.25, 0.3) is 0 Å². The van der Waals surface area contributed by atoms with Gasteiger partial charge in [-0.1, -0.05) is 32.1 Å². The van der Waals surface area contributed by atoms with E-state index in [4.69, 9.17) is 14.2 Å². The van der Waals surface area contributed by atoms with Gasteiger partial charge >= 0.3 is 5.97 Å². The largest absolute Gasteiger partial charge is 0.465 e. The van der Waals surface area contributed by atoms with Crippen LogP contribution in [0.1, 0.15) is 65.2 Å². The molecule has 2 saturated heterocycles. The smallest absolute Gasteiger partial charge is 0.311 e. The Morgan fingerprint density at radius 1 is 1.08 bits per heavy atom. The lowest BCUT2D eigenvalue weighted by Crippen LogP contribution is -2.55. The van der Waals surface area contributed by atoms with Crippen molar-refractivity contribution in [2.45, 2.75) is 95.9 Å². The Kier molecular flexibility index (Phi) is 8.80. The first-order valence-electron chi connectivity index (χ1n) is 10.2. The van der Waals surface area contributed by atoms with E-state index in [1.807, 2.05) is 32.8 Å². The molecule has 152 valence electrons. The molecule has 0 spiro atoms. The third kappa shape index (κ3) is 6.19. The Bertz CT molecular complexity index is 430. The number of nitrogens with zero attached hydrogens (tertiary/aromatic N) is 1. The second-order valence-electron chi connectivity index (χ2n) is 8.11. The van der Waals surface area contributed by atoms with E-state index in [2.05, 4.69) is 0 Å². The number of esters is 1. The molecule has 1 N–H and O–H groups in total. The van der Waals surface area contributed by atoms with E-state index in [0.29, 0.717) is 6.61 Å². The Balaban J connectivity index is 2.04. The summed E-state index contributed by atoms with van der Waals surface area (Å²) in [5, 5.41) is 10.7. The number of likely N-dealkylation sites (N-methyl/N-ethyl adjacent to an activating group) is 1. The molecule has 2 aliphatic heterocycles. The summed E-state index contributed by atoms with van der Waals surface area (Å²) in [5.74, 6) is -0.571. The maximum Gasteiger partial charge on any atom is 0.311 e. The molecule has 0 aromatic carbocycles. The third-order valence-electron chi connectivity index (χ3n) is 5.64. The summed E-state index contributed by atoms with van der Waals surface area (Å²) in [6.45, 7) is 4.34. The summed E-state index contributed by atoms with van der Waals surface area (Å²) in [6.07, 6.45) is 6.40. The van der Waals surface area contributed by atoms with Crippen LogP contribution in [0.2, 0.25) is 0 Å². The molecule has 4 unspecified atom stereocenters. The lowest BCUT2D eigenvalue weighted by atomic mass is 9.96. The van der Waals surface area contributed by atoms with Crippen LogP contribution in [-0.2, 0) is 19.0 Å². The zero-order valence-corrected chi connectivity index (χ0v) is 16.9. The van der Waals surface area contributed by atoms with E-state index in [1.165, 1.54) is 12.8 Å². The van der Waals surface area contributed by atoms with Crippen LogP contribution >= 0.6 is 0 Å². The van der Waals surface area contributed by atoms with Gasteiger partial charge in [-0.05, 0) is 47.2 Å². The van der Waals surface area contributed by atoms with Crippen molar-refractivity contribution in [2.75, 3.05) is 20.7 Å². The van der Waals surface area contributed by atoms with Crippen molar-refractivity contribution in [1.29, 1.82) is 0 Å². The molecule has 0 aromatic heterocycles. The molecule has 6 heteroatoms. The van der Waals surface area contributed by atoms with Crippen molar-refractivity contribution in [3.05, 3.63) is 0 Å². The summed E-state index contributed by atoms with van der Waals surface area (Å²) >= 11 is 0. The molecule has 2 rings (SSSR count). The summed E-state index contributed by atoms with van der Waals surface area (Å²) in [7, 11) is 3.91. The number of hydrogen-bond donors (Lipinski definition) is 1. The third-order valence-corrected chi connectivity index (χ3v) is 5.64. The van der Waals surface area contributed by atoms with E-state index in [9.17, 15) is 9.90 Å². The van der Waals surface area contributed by atoms with Gasteiger partial charge in [0, 0.05) is 6.04 Å². The summed E-state index contributed by atoms with van der Waals surface area (Å²) < 4.78 is 17.5. The van der Waals surface area contributed by atoms with E-state index in [-0.39, 0.29) is 30.1 Å². The van der Waals surface area contributed by atoms with Crippen LogP contribution in [-0.4, -0.2) is 67.3 Å². The second kappa shape index (κ2) is 10.6. The van der Waals surface area contributed by atoms with Crippen molar-refractivity contribution in [3.8, 4) is 0 Å². The van der Waals surface area contributed by atoms with Gasteiger partial charge in [-0.3, -0.25) is 4.79 Å². The van der Waals surface area contributed by atoms with Crippen LogP contribution in [0.3, 0.4) is 0 Å². The predicted molar refractivity (Wildman–Crippen MR) is 99.7 cm³/mol. The minimum absolute atomic E-state index is 0.00398. The summed E-state index contributed by atoms with van der Waals surface area (Å²) in [5.41, 5.74) is 0. The number of hydrogen-bond acceptors (Lipinski definition) is 6. The van der Waals surface area contributed by atoms with E-state index in [1.54, 1.807) is 0 Å². The number of rotatable bonds is 3. The molecule has 0 aliphatic carbocycles. The van der Waals surface area contributed by atoms with Crippen molar-refractivity contribution < 1.29 is 24.1 Å². The number of ether oxygens (including phenoxy) is 3. The first kappa shape index (κ1) is 21.6. The molecular formula is C20H37NO5. The van der Waals surface area contributed by atoms with Crippen molar-refractivity contribution in [3.63, 3.8) is 0 Å². The fraction of sp³-hybridized carbons (Fsp3) is 0.950. The number of cyclic esters (lactones) is 1. The van der Waals surface area contributed by atoms with Gasteiger partial charge in [0.2, 0.25) is 0 Å². The standard InChI is InChI=1S/C20H37NO5/c1-14-13-16(21(3)4)18(22)20(25-14)26-17-11-9-7-5-6-8-10-12-24-19(23)15(17)2/h14-18,20,22H,5-13H2,1-4H3/t14?,15-,16?,17?,18?,20+/m1/s1. The molecular weight excluding hydrogens is 334 g/mol. The fourth-order valence-electron chi connectivity index (χ4n) is 3.87. The van der Waals surface area contributed by atoms with Crippen molar-refractivity contribution in [1.82, 2.24) is 4.90 Å². The lowest BCUT2D eigenvalue weighted by Gasteiger charge is -2.42. The van der Waals surface area contributed by atoms with Gasteiger partial charge in [0.05, 0.1) is 24.7 Å². The predicted octanol–water partition coefficient (Wildman–Crippen LogP) is 2.72. The molecule has 0 bridgehead atoms. The average molecular weight is 372 g/mol. The molecule has 2 fully saturated rings. The van der Waals surface area contributed by atoms with Crippen LogP contribution in [0, 0.1) is 5.92 Å². The minimum atomic E-state index is -0.731. The molecule has 0 amide bonds. The van der Waals surface area contributed by atoms with E-state index >= 15 is 0 Å². The van der Waals surface area contributed by atoms with Gasteiger partial charge in [-0.15, -0.1) is 0 Å². The molecule has 0 saturated carbocycles. The number of carbonyl (C=O) groups is 1. The Morgan fingerprint density at radius 2 is 1.73 bits per heavy atom. The average Bonchev–Trinajstić information content (AvgIpc) is 2.59. The topological polar surface area (TPSA) is 68.2 Å². The highest BCUT2D eigenvalue weighted by atomic mass is 16.7. The maximum absolute atomic E-state index is 12.4. The molecule has 0 aromatic rings. The van der Waals surface area contributed by atoms with Crippen LogP contribution in [0.4, 0.5) is 0 Å². The quantitative estimate of drug-likeness (QED) is 0.770. The molecule has 6 nitrogen and oxygen atoms in total. The van der Waals surface area contributed by atoms with Crippen LogP contribution in [0.5, 0.6) is 0 Å². The SMILES string of the molecule is CC1CC(N(C)C)C(O)[C@H](OC2CCCCCCCCOC(=O)[C@@H]2C)O1. The summed E-state index contributed by atoms with van der Waals surface area (Å²) in [4.78, 5) is 14.4. The fourth-order valence-corrected chi connectivity index (χ4v) is 3.87. The normalized spacial score (nSPS) is 38.3. The zero-order chi connectivity index (χ0) is 19.1. The highest BCUT2D eigenvalue weighted by Crippen LogP contribution is 2.28. The second-order valence-corrected chi connectivity index (χ2v) is 8.11. The van der Waals surface area contributed by atoms with Crippen molar-refractivity contribution in [2.24, 2.45) is 5.92 Å². The Morgan fingerprint density at radius 3 is 2.42 bits per heavy atom. The monoisotopic (exact) mass is 371 g/mol. The van der Waals surface area contributed by atoms with Crippen LogP contribution in [0.15, 0.2) is 0 Å². The van der Waals surface area contributed by atoms with Crippen LogP contribution in [0.25, 0.3) is 0 Å². The molecule has 2 aliphatic rings. The number of aliphatic hydroxyl groups excluding tert-OH is 1. The molecule has 6 atom stereocenters.